The topological polar surface area (TPSA) is 71.1 Å². The maximum atomic E-state index is 13.0. The Morgan fingerprint density at radius 3 is 2.46 bits per heavy atom. The first kappa shape index (κ1) is 16.7. The molecule has 0 saturated carbocycles. The normalized spacial score (nSPS) is 14.8. The first-order chi connectivity index (χ1) is 12.5. The molecule has 0 aromatic carbocycles. The smallest absolute Gasteiger partial charge is 0.289 e. The van der Waals surface area contributed by atoms with Crippen molar-refractivity contribution < 1.29 is 14.0 Å². The molecule has 0 aliphatic carbocycles. The molecule has 7 nitrogen and oxygen atoms in total. The number of aromatic nitrogens is 2. The lowest BCUT2D eigenvalue weighted by molar-refractivity contribution is 0.0514. The van der Waals surface area contributed by atoms with E-state index in [9.17, 15) is 9.59 Å². The van der Waals surface area contributed by atoms with Crippen molar-refractivity contribution in [1.29, 1.82) is 0 Å². The van der Waals surface area contributed by atoms with Crippen molar-refractivity contribution in [1.82, 2.24) is 19.2 Å². The highest BCUT2D eigenvalue weighted by molar-refractivity contribution is 6.30. The van der Waals surface area contributed by atoms with Crippen LogP contribution < -0.4 is 0 Å². The van der Waals surface area contributed by atoms with E-state index < -0.39 is 0 Å². The molecule has 134 valence electrons. The molecule has 8 heteroatoms. The Labute approximate surface area is 154 Å². The second kappa shape index (κ2) is 6.49. The number of hydrogen-bond acceptors (Lipinski definition) is 4. The second-order valence-electron chi connectivity index (χ2n) is 6.18. The zero-order chi connectivity index (χ0) is 18.3. The maximum Gasteiger partial charge on any atom is 0.289 e. The van der Waals surface area contributed by atoms with E-state index in [1.807, 2.05) is 6.92 Å². The monoisotopic (exact) mass is 372 g/mol. The molecule has 0 N–H and O–H groups in total. The van der Waals surface area contributed by atoms with Gasteiger partial charge in [-0.25, -0.2) is 4.98 Å². The van der Waals surface area contributed by atoms with Crippen LogP contribution in [0.4, 0.5) is 0 Å². The van der Waals surface area contributed by atoms with E-state index in [-0.39, 0.29) is 11.8 Å². The maximum absolute atomic E-state index is 13.0. The molecule has 1 aliphatic rings. The van der Waals surface area contributed by atoms with Crippen molar-refractivity contribution in [3.8, 4) is 0 Å². The molecule has 1 aliphatic heterocycles. The van der Waals surface area contributed by atoms with E-state index in [1.165, 1.54) is 6.26 Å². The number of furan rings is 1. The quantitative estimate of drug-likeness (QED) is 0.693. The number of aryl methyl sites for hydroxylation is 1. The summed E-state index contributed by atoms with van der Waals surface area (Å²) in [5.41, 5.74) is 1.83. The number of amides is 2. The first-order valence-electron chi connectivity index (χ1n) is 8.31. The fourth-order valence-corrected chi connectivity index (χ4v) is 3.37. The van der Waals surface area contributed by atoms with Crippen LogP contribution in [0.15, 0.2) is 41.1 Å². The summed E-state index contributed by atoms with van der Waals surface area (Å²) in [6.45, 7) is 3.67. The standard InChI is InChI=1S/C18H17ClN4O3/c1-12-16(23-5-4-13(19)11-15(23)20-12)18(25)22-8-6-21(7-9-22)17(24)14-3-2-10-26-14/h2-5,10-11H,6-9H2,1H3. The highest BCUT2D eigenvalue weighted by atomic mass is 35.5. The summed E-state index contributed by atoms with van der Waals surface area (Å²) in [5.74, 6) is 0.0735. The Bertz CT molecular complexity index is 972. The lowest BCUT2D eigenvalue weighted by atomic mass is 10.2. The molecule has 4 rings (SSSR count). The molecular formula is C18H17ClN4O3. The average Bonchev–Trinajstić information content (AvgIpc) is 3.27. The van der Waals surface area contributed by atoms with Crippen LogP contribution in [0, 0.1) is 6.92 Å². The Balaban J connectivity index is 1.51. The Hall–Kier alpha value is -2.80. The van der Waals surface area contributed by atoms with Crippen LogP contribution in [0.25, 0.3) is 5.65 Å². The summed E-state index contributed by atoms with van der Waals surface area (Å²) >= 11 is 6.00. The molecule has 0 bridgehead atoms. The fourth-order valence-electron chi connectivity index (χ4n) is 3.21. The van der Waals surface area contributed by atoms with Gasteiger partial charge in [0.15, 0.2) is 5.76 Å². The molecule has 26 heavy (non-hydrogen) atoms. The predicted molar refractivity (Wildman–Crippen MR) is 95.5 cm³/mol. The van der Waals surface area contributed by atoms with Crippen molar-refractivity contribution in [2.24, 2.45) is 0 Å². The molecule has 0 unspecified atom stereocenters. The highest BCUT2D eigenvalue weighted by Gasteiger charge is 2.29. The molecule has 4 heterocycles. The van der Waals surface area contributed by atoms with Crippen molar-refractivity contribution in [2.45, 2.75) is 6.92 Å². The fraction of sp³-hybridized carbons (Fsp3) is 0.278. The summed E-state index contributed by atoms with van der Waals surface area (Å²) in [4.78, 5) is 33.2. The van der Waals surface area contributed by atoms with Gasteiger partial charge in [0, 0.05) is 43.5 Å². The molecule has 3 aromatic rings. The van der Waals surface area contributed by atoms with Crippen molar-refractivity contribution in [2.75, 3.05) is 26.2 Å². The molecule has 0 radical (unpaired) electrons. The summed E-state index contributed by atoms with van der Waals surface area (Å²) in [5, 5.41) is 0.576. The minimum Gasteiger partial charge on any atom is -0.459 e. The predicted octanol–water partition coefficient (Wildman–Crippen LogP) is 2.49. The van der Waals surface area contributed by atoms with Gasteiger partial charge in [-0.1, -0.05) is 11.6 Å². The molecule has 0 spiro atoms. The Kier molecular flexibility index (Phi) is 4.16. The molecule has 1 saturated heterocycles. The Morgan fingerprint density at radius 2 is 1.81 bits per heavy atom. The molecular weight excluding hydrogens is 356 g/mol. The molecule has 2 amide bonds. The number of rotatable bonds is 2. The van der Waals surface area contributed by atoms with Crippen LogP contribution in [0.1, 0.15) is 26.7 Å². The molecule has 3 aromatic heterocycles. The minimum atomic E-state index is -0.150. The summed E-state index contributed by atoms with van der Waals surface area (Å²) in [7, 11) is 0. The van der Waals surface area contributed by atoms with Crippen LogP contribution >= 0.6 is 11.6 Å². The van der Waals surface area contributed by atoms with E-state index in [0.717, 1.165) is 0 Å². The number of pyridine rings is 1. The third kappa shape index (κ3) is 2.84. The largest absolute Gasteiger partial charge is 0.459 e. The number of carbonyl (C=O) groups is 2. The van der Waals surface area contributed by atoms with Crippen molar-refractivity contribution in [3.05, 3.63) is 58.9 Å². The lowest BCUT2D eigenvalue weighted by Gasteiger charge is -2.34. The third-order valence-electron chi connectivity index (χ3n) is 4.55. The van der Waals surface area contributed by atoms with E-state index in [4.69, 9.17) is 16.0 Å². The molecule has 1 fully saturated rings. The van der Waals surface area contributed by atoms with Gasteiger partial charge in [-0.3, -0.25) is 14.0 Å². The average molecular weight is 373 g/mol. The van der Waals surface area contributed by atoms with Gasteiger partial charge >= 0.3 is 0 Å². The summed E-state index contributed by atoms with van der Waals surface area (Å²) in [6, 6.07) is 6.79. The van der Waals surface area contributed by atoms with Gasteiger partial charge in [-0.05, 0) is 25.1 Å². The summed E-state index contributed by atoms with van der Waals surface area (Å²) in [6.07, 6.45) is 3.23. The Morgan fingerprint density at radius 1 is 1.12 bits per heavy atom. The SMILES string of the molecule is Cc1nc2cc(Cl)ccn2c1C(=O)N1CCN(C(=O)c2ccco2)CC1. The van der Waals surface area contributed by atoms with Gasteiger partial charge < -0.3 is 14.2 Å². The van der Waals surface area contributed by atoms with Crippen LogP contribution in [-0.2, 0) is 0 Å². The first-order valence-corrected chi connectivity index (χ1v) is 8.68. The van der Waals surface area contributed by atoms with Gasteiger partial charge in [0.2, 0.25) is 0 Å². The van der Waals surface area contributed by atoms with E-state index in [2.05, 4.69) is 4.98 Å². The number of hydrogen-bond donors (Lipinski definition) is 0. The molecule has 0 atom stereocenters. The second-order valence-corrected chi connectivity index (χ2v) is 6.62. The number of piperazine rings is 1. The van der Waals surface area contributed by atoms with E-state index >= 15 is 0 Å². The van der Waals surface area contributed by atoms with Gasteiger partial charge in [0.05, 0.1) is 12.0 Å². The van der Waals surface area contributed by atoms with E-state index in [1.54, 1.807) is 44.7 Å². The number of imidazole rings is 1. The number of halogens is 1. The van der Waals surface area contributed by atoms with Crippen LogP contribution in [0.3, 0.4) is 0 Å². The zero-order valence-electron chi connectivity index (χ0n) is 14.2. The van der Waals surface area contributed by atoms with Crippen LogP contribution in [-0.4, -0.2) is 57.2 Å². The van der Waals surface area contributed by atoms with Crippen LogP contribution in [0.2, 0.25) is 5.02 Å². The van der Waals surface area contributed by atoms with E-state index in [0.29, 0.717) is 54.0 Å². The lowest BCUT2D eigenvalue weighted by Crippen LogP contribution is -2.50. The summed E-state index contributed by atoms with van der Waals surface area (Å²) < 4.78 is 6.92. The number of nitrogens with zero attached hydrogens (tertiary/aromatic N) is 4. The minimum absolute atomic E-state index is 0.0950. The van der Waals surface area contributed by atoms with Crippen molar-refractivity contribution in [3.63, 3.8) is 0 Å². The number of carbonyl (C=O) groups excluding carboxylic acids is 2. The highest BCUT2D eigenvalue weighted by Crippen LogP contribution is 2.19. The van der Waals surface area contributed by atoms with Gasteiger partial charge in [-0.15, -0.1) is 0 Å². The zero-order valence-corrected chi connectivity index (χ0v) is 14.9. The van der Waals surface area contributed by atoms with Gasteiger partial charge in [0.25, 0.3) is 11.8 Å². The number of fused-ring (bicyclic) bond motifs is 1. The van der Waals surface area contributed by atoms with Crippen molar-refractivity contribution >= 4 is 29.1 Å². The van der Waals surface area contributed by atoms with Crippen LogP contribution in [0.5, 0.6) is 0 Å². The third-order valence-corrected chi connectivity index (χ3v) is 4.79. The van der Waals surface area contributed by atoms with Gasteiger partial charge in [-0.2, -0.15) is 0 Å². The van der Waals surface area contributed by atoms with Gasteiger partial charge in [0.1, 0.15) is 11.3 Å².